The second-order valence-corrected chi connectivity index (χ2v) is 10.5. The molecule has 3 nitrogen and oxygen atoms in total. The molecular formula is C21H36N2OS. The van der Waals surface area contributed by atoms with Gasteiger partial charge < -0.3 is 9.64 Å². The Kier molecular flexibility index (Phi) is 5.92. The minimum absolute atomic E-state index is 0.178. The second-order valence-electron chi connectivity index (χ2n) is 9.22. The van der Waals surface area contributed by atoms with Crippen LogP contribution in [0.25, 0.3) is 0 Å². The third-order valence-corrected chi connectivity index (χ3v) is 7.16. The van der Waals surface area contributed by atoms with E-state index in [1.807, 2.05) is 11.3 Å². The number of nitrogens with zero attached hydrogens (tertiary/aromatic N) is 2. The molecule has 0 amide bonds. The molecule has 0 N–H and O–H groups in total. The van der Waals surface area contributed by atoms with Crippen LogP contribution in [-0.2, 0) is 11.3 Å². The van der Waals surface area contributed by atoms with Crippen molar-refractivity contribution in [3.8, 4) is 0 Å². The van der Waals surface area contributed by atoms with E-state index in [1.165, 1.54) is 62.2 Å². The average molecular weight is 365 g/mol. The van der Waals surface area contributed by atoms with Crippen molar-refractivity contribution in [2.75, 3.05) is 20.2 Å². The Labute approximate surface area is 158 Å². The molecule has 1 saturated carbocycles. The van der Waals surface area contributed by atoms with Crippen LogP contribution in [0.4, 0.5) is 0 Å². The first-order valence-electron chi connectivity index (χ1n) is 10.1. The van der Waals surface area contributed by atoms with Crippen LogP contribution in [0.2, 0.25) is 0 Å². The molecule has 2 heterocycles. The topological polar surface area (TPSA) is 25.4 Å². The molecule has 1 aromatic rings. The van der Waals surface area contributed by atoms with Crippen LogP contribution >= 0.6 is 11.3 Å². The fourth-order valence-electron chi connectivity index (χ4n) is 4.73. The van der Waals surface area contributed by atoms with Gasteiger partial charge in [-0.05, 0) is 70.4 Å². The van der Waals surface area contributed by atoms with Gasteiger partial charge in [-0.25, -0.2) is 4.98 Å². The lowest BCUT2D eigenvalue weighted by Gasteiger charge is -2.37. The number of aryl methyl sites for hydroxylation is 1. The summed E-state index contributed by atoms with van der Waals surface area (Å²) in [5, 5.41) is 1.23. The molecule has 1 spiro atoms. The van der Waals surface area contributed by atoms with Gasteiger partial charge in [0.2, 0.25) is 0 Å². The molecule has 1 aliphatic carbocycles. The van der Waals surface area contributed by atoms with Crippen molar-refractivity contribution in [1.29, 1.82) is 0 Å². The van der Waals surface area contributed by atoms with Gasteiger partial charge in [0, 0.05) is 11.4 Å². The standard InChI is InChI=1S/C21H36N2OS/c1-6-7-12-23(5)13-18-19(25-16(2)22-18)17-8-10-21(11-9-17)14-20(3,4)15-24-21/h17H,6-15H2,1-5H3. The molecule has 4 heteroatoms. The van der Waals surface area contributed by atoms with Crippen LogP contribution in [-0.4, -0.2) is 35.7 Å². The number of ether oxygens (including phenoxy) is 1. The van der Waals surface area contributed by atoms with Gasteiger partial charge in [0.1, 0.15) is 0 Å². The number of hydrogen-bond donors (Lipinski definition) is 0. The Morgan fingerprint density at radius 3 is 2.60 bits per heavy atom. The first kappa shape index (κ1) is 19.3. The maximum Gasteiger partial charge on any atom is 0.0900 e. The SMILES string of the molecule is CCCCN(C)Cc1nc(C)sc1C1CCC2(CC1)CC(C)(C)CO2. The van der Waals surface area contributed by atoms with E-state index < -0.39 is 0 Å². The smallest absolute Gasteiger partial charge is 0.0900 e. The molecule has 1 saturated heterocycles. The molecule has 0 bridgehead atoms. The van der Waals surface area contributed by atoms with Gasteiger partial charge in [0.15, 0.2) is 0 Å². The highest BCUT2D eigenvalue weighted by Gasteiger charge is 2.46. The Morgan fingerprint density at radius 2 is 2.00 bits per heavy atom. The summed E-state index contributed by atoms with van der Waals surface area (Å²) >= 11 is 1.94. The Hall–Kier alpha value is -0.450. The molecule has 25 heavy (non-hydrogen) atoms. The zero-order chi connectivity index (χ0) is 18.1. The molecule has 2 fully saturated rings. The summed E-state index contributed by atoms with van der Waals surface area (Å²) in [7, 11) is 2.23. The summed E-state index contributed by atoms with van der Waals surface area (Å²) in [6.45, 7) is 12.2. The Balaban J connectivity index is 1.63. The third kappa shape index (κ3) is 4.64. The zero-order valence-electron chi connectivity index (χ0n) is 16.9. The summed E-state index contributed by atoms with van der Waals surface area (Å²) in [5.74, 6) is 0.693. The highest BCUT2D eigenvalue weighted by atomic mass is 32.1. The van der Waals surface area contributed by atoms with Gasteiger partial charge >= 0.3 is 0 Å². The van der Waals surface area contributed by atoms with Crippen LogP contribution in [0, 0.1) is 12.3 Å². The van der Waals surface area contributed by atoms with E-state index in [1.54, 1.807) is 4.88 Å². The highest BCUT2D eigenvalue weighted by Crippen LogP contribution is 2.50. The van der Waals surface area contributed by atoms with Gasteiger partial charge in [-0.2, -0.15) is 0 Å². The van der Waals surface area contributed by atoms with Crippen molar-refractivity contribution in [2.24, 2.45) is 5.41 Å². The van der Waals surface area contributed by atoms with Crippen LogP contribution < -0.4 is 0 Å². The van der Waals surface area contributed by atoms with Crippen LogP contribution in [0.5, 0.6) is 0 Å². The van der Waals surface area contributed by atoms with Crippen LogP contribution in [0.3, 0.4) is 0 Å². The molecule has 1 aliphatic heterocycles. The summed E-state index contributed by atoms with van der Waals surface area (Å²) in [6, 6.07) is 0. The number of hydrogen-bond acceptors (Lipinski definition) is 4. The monoisotopic (exact) mass is 364 g/mol. The molecule has 142 valence electrons. The number of unbranched alkanes of at least 4 members (excludes halogenated alkanes) is 1. The maximum atomic E-state index is 6.30. The number of aromatic nitrogens is 1. The molecule has 3 rings (SSSR count). The minimum Gasteiger partial charge on any atom is -0.374 e. The summed E-state index contributed by atoms with van der Waals surface area (Å²) < 4.78 is 6.30. The normalized spacial score (nSPS) is 29.0. The van der Waals surface area contributed by atoms with Crippen LogP contribution in [0.1, 0.15) is 87.2 Å². The quantitative estimate of drug-likeness (QED) is 0.664. The average Bonchev–Trinajstić information content (AvgIpc) is 3.06. The van der Waals surface area contributed by atoms with Crippen molar-refractivity contribution in [3.05, 3.63) is 15.6 Å². The predicted molar refractivity (Wildman–Crippen MR) is 106 cm³/mol. The Bertz CT molecular complexity index is 572. The maximum absolute atomic E-state index is 6.30. The van der Waals surface area contributed by atoms with Gasteiger partial charge in [-0.15, -0.1) is 11.3 Å². The lowest BCUT2D eigenvalue weighted by molar-refractivity contribution is -0.0292. The molecule has 0 aromatic carbocycles. The van der Waals surface area contributed by atoms with Gasteiger partial charge in [-0.1, -0.05) is 27.2 Å². The zero-order valence-corrected chi connectivity index (χ0v) is 17.7. The van der Waals surface area contributed by atoms with Crippen molar-refractivity contribution >= 4 is 11.3 Å². The summed E-state index contributed by atoms with van der Waals surface area (Å²) in [5.41, 5.74) is 1.88. The molecule has 0 radical (unpaired) electrons. The number of rotatable bonds is 6. The fourth-order valence-corrected chi connectivity index (χ4v) is 5.84. The largest absolute Gasteiger partial charge is 0.374 e. The molecule has 1 aromatic heterocycles. The molecule has 0 unspecified atom stereocenters. The summed E-state index contributed by atoms with van der Waals surface area (Å²) in [6.07, 6.45) is 8.75. The van der Waals surface area contributed by atoms with Gasteiger partial charge in [0.25, 0.3) is 0 Å². The lowest BCUT2D eigenvalue weighted by Crippen LogP contribution is -2.33. The van der Waals surface area contributed by atoms with E-state index in [0.717, 1.165) is 13.2 Å². The van der Waals surface area contributed by atoms with Crippen molar-refractivity contribution in [1.82, 2.24) is 9.88 Å². The van der Waals surface area contributed by atoms with Crippen LogP contribution in [0.15, 0.2) is 0 Å². The first-order valence-corrected chi connectivity index (χ1v) is 10.9. The second kappa shape index (κ2) is 7.66. The first-order chi connectivity index (χ1) is 11.8. The Morgan fingerprint density at radius 1 is 1.28 bits per heavy atom. The van der Waals surface area contributed by atoms with Crippen molar-refractivity contribution in [2.45, 2.75) is 90.7 Å². The third-order valence-electron chi connectivity index (χ3n) is 5.98. The minimum atomic E-state index is 0.178. The lowest BCUT2D eigenvalue weighted by atomic mass is 9.73. The van der Waals surface area contributed by atoms with E-state index in [0.29, 0.717) is 11.3 Å². The van der Waals surface area contributed by atoms with E-state index in [-0.39, 0.29) is 5.60 Å². The highest BCUT2D eigenvalue weighted by molar-refractivity contribution is 7.11. The predicted octanol–water partition coefficient (Wildman–Crippen LogP) is 5.53. The van der Waals surface area contributed by atoms with E-state index >= 15 is 0 Å². The van der Waals surface area contributed by atoms with E-state index in [9.17, 15) is 0 Å². The van der Waals surface area contributed by atoms with Crippen molar-refractivity contribution in [3.63, 3.8) is 0 Å². The fraction of sp³-hybridized carbons (Fsp3) is 0.857. The van der Waals surface area contributed by atoms with Gasteiger partial charge in [-0.3, -0.25) is 0 Å². The number of thiazole rings is 1. The molecule has 2 aliphatic rings. The van der Waals surface area contributed by atoms with E-state index in [4.69, 9.17) is 9.72 Å². The summed E-state index contributed by atoms with van der Waals surface area (Å²) in [4.78, 5) is 8.89. The van der Waals surface area contributed by atoms with E-state index in [2.05, 4.69) is 39.6 Å². The molecule has 0 atom stereocenters. The van der Waals surface area contributed by atoms with Gasteiger partial charge in [0.05, 0.1) is 22.9 Å². The molecular weight excluding hydrogens is 328 g/mol. The van der Waals surface area contributed by atoms with Crippen molar-refractivity contribution < 1.29 is 4.74 Å².